The number of halogens is 1. The number of benzene rings is 1. The Labute approximate surface area is 158 Å². The van der Waals surface area contributed by atoms with Crippen molar-refractivity contribution in [1.29, 1.82) is 0 Å². The molecule has 1 N–H and O–H groups in total. The molecule has 0 aromatic heterocycles. The average Bonchev–Trinajstić information content (AvgIpc) is 2.64. The molecule has 0 aliphatic carbocycles. The maximum atomic E-state index is 12.5. The first-order valence-corrected chi connectivity index (χ1v) is 10.3. The van der Waals surface area contributed by atoms with E-state index in [0.29, 0.717) is 18.8 Å². The van der Waals surface area contributed by atoms with Crippen molar-refractivity contribution in [2.75, 3.05) is 38.5 Å². The molecule has 1 unspecified atom stereocenters. The van der Waals surface area contributed by atoms with Gasteiger partial charge in [-0.05, 0) is 30.5 Å². The van der Waals surface area contributed by atoms with E-state index in [0.717, 1.165) is 43.3 Å². The van der Waals surface area contributed by atoms with Crippen LogP contribution in [0.5, 0.6) is 0 Å². The zero-order chi connectivity index (χ0) is 17.6. The second-order valence-corrected chi connectivity index (χ2v) is 7.94. The van der Waals surface area contributed by atoms with Crippen molar-refractivity contribution >= 4 is 35.2 Å². The van der Waals surface area contributed by atoms with Gasteiger partial charge in [-0.3, -0.25) is 9.59 Å². The first-order valence-electron chi connectivity index (χ1n) is 8.73. The molecule has 2 heterocycles. The Balaban J connectivity index is 1.46. The normalized spacial score (nSPS) is 21.5. The molecular weight excluding hydrogens is 358 g/mol. The third kappa shape index (κ3) is 5.12. The molecule has 1 aromatic rings. The lowest BCUT2D eigenvalue weighted by atomic mass is 10.0. The summed E-state index contributed by atoms with van der Waals surface area (Å²) in [4.78, 5) is 28.5. The van der Waals surface area contributed by atoms with Gasteiger partial charge in [0.2, 0.25) is 11.8 Å². The molecule has 2 fully saturated rings. The summed E-state index contributed by atoms with van der Waals surface area (Å²) in [6, 6.07) is 7.91. The molecule has 2 amide bonds. The lowest BCUT2D eigenvalue weighted by Crippen LogP contribution is -2.57. The van der Waals surface area contributed by atoms with Gasteiger partial charge in [0.1, 0.15) is 0 Å². The molecule has 1 aromatic carbocycles. The summed E-state index contributed by atoms with van der Waals surface area (Å²) >= 11 is 7.51. The van der Waals surface area contributed by atoms with E-state index in [1.807, 2.05) is 34.1 Å². The van der Waals surface area contributed by atoms with E-state index in [4.69, 9.17) is 11.6 Å². The molecule has 25 heavy (non-hydrogen) atoms. The summed E-state index contributed by atoms with van der Waals surface area (Å²) in [6.07, 6.45) is 1.96. The van der Waals surface area contributed by atoms with Crippen LogP contribution in [-0.4, -0.2) is 66.1 Å². The van der Waals surface area contributed by atoms with Gasteiger partial charge in [0.15, 0.2) is 0 Å². The standard InChI is InChI=1S/C18H24ClN3O2S/c19-15-5-3-14(4-6-15)12-25-13-18(24)21-8-1-2-16(11-21)22-9-7-20-10-17(22)23/h3-6,16,20H,1-2,7-13H2. The van der Waals surface area contributed by atoms with E-state index in [1.165, 1.54) is 5.56 Å². The molecule has 0 radical (unpaired) electrons. The zero-order valence-corrected chi connectivity index (χ0v) is 15.8. The van der Waals surface area contributed by atoms with Crippen LogP contribution in [0, 0.1) is 0 Å². The third-order valence-corrected chi connectivity index (χ3v) is 5.96. The topological polar surface area (TPSA) is 52.7 Å². The summed E-state index contributed by atoms with van der Waals surface area (Å²) in [7, 11) is 0. The second-order valence-electron chi connectivity index (χ2n) is 6.52. The number of likely N-dealkylation sites (tertiary alicyclic amines) is 1. The van der Waals surface area contributed by atoms with Crippen molar-refractivity contribution in [1.82, 2.24) is 15.1 Å². The number of amides is 2. The smallest absolute Gasteiger partial charge is 0.236 e. The minimum Gasteiger partial charge on any atom is -0.340 e. The Morgan fingerprint density at radius 1 is 1.28 bits per heavy atom. The molecule has 3 rings (SSSR count). The molecule has 0 saturated carbocycles. The van der Waals surface area contributed by atoms with Gasteiger partial charge in [-0.25, -0.2) is 0 Å². The highest BCUT2D eigenvalue weighted by Gasteiger charge is 2.31. The van der Waals surface area contributed by atoms with Crippen LogP contribution in [0.15, 0.2) is 24.3 Å². The zero-order valence-electron chi connectivity index (χ0n) is 14.2. The van der Waals surface area contributed by atoms with E-state index < -0.39 is 0 Å². The average molecular weight is 382 g/mol. The van der Waals surface area contributed by atoms with Crippen LogP contribution in [0.4, 0.5) is 0 Å². The molecule has 1 atom stereocenters. The highest BCUT2D eigenvalue weighted by atomic mass is 35.5. The summed E-state index contributed by atoms with van der Waals surface area (Å²) in [5, 5.41) is 3.83. The van der Waals surface area contributed by atoms with Crippen molar-refractivity contribution < 1.29 is 9.59 Å². The first-order chi connectivity index (χ1) is 12.1. The van der Waals surface area contributed by atoms with Crippen LogP contribution in [0.25, 0.3) is 0 Å². The van der Waals surface area contributed by atoms with E-state index >= 15 is 0 Å². The van der Waals surface area contributed by atoms with Crippen LogP contribution in [-0.2, 0) is 15.3 Å². The molecular formula is C18H24ClN3O2S. The van der Waals surface area contributed by atoms with Crippen LogP contribution < -0.4 is 5.32 Å². The Hall–Kier alpha value is -1.24. The Morgan fingerprint density at radius 3 is 2.84 bits per heavy atom. The van der Waals surface area contributed by atoms with Gasteiger partial charge in [0, 0.05) is 43.0 Å². The number of thioether (sulfide) groups is 1. The lowest BCUT2D eigenvalue weighted by Gasteiger charge is -2.41. The largest absolute Gasteiger partial charge is 0.340 e. The molecule has 7 heteroatoms. The van der Waals surface area contributed by atoms with E-state index in [2.05, 4.69) is 5.32 Å². The monoisotopic (exact) mass is 381 g/mol. The molecule has 2 aliphatic heterocycles. The van der Waals surface area contributed by atoms with Gasteiger partial charge >= 0.3 is 0 Å². The number of carbonyl (C=O) groups excluding carboxylic acids is 2. The predicted molar refractivity (Wildman–Crippen MR) is 102 cm³/mol. The summed E-state index contributed by atoms with van der Waals surface area (Å²) in [6.45, 7) is 3.48. The van der Waals surface area contributed by atoms with Gasteiger partial charge in [-0.1, -0.05) is 23.7 Å². The van der Waals surface area contributed by atoms with E-state index in [-0.39, 0.29) is 17.9 Å². The number of carbonyl (C=O) groups is 2. The SMILES string of the molecule is O=C(CSCc1ccc(Cl)cc1)N1CCCC(N2CCNCC2=O)C1. The van der Waals surface area contributed by atoms with E-state index in [9.17, 15) is 9.59 Å². The second kappa shape index (κ2) is 8.92. The fraction of sp³-hybridized carbons (Fsp3) is 0.556. The molecule has 136 valence electrons. The maximum Gasteiger partial charge on any atom is 0.236 e. The number of hydrogen-bond acceptors (Lipinski definition) is 4. The Kier molecular flexibility index (Phi) is 6.62. The van der Waals surface area contributed by atoms with Crippen molar-refractivity contribution in [3.63, 3.8) is 0 Å². The maximum absolute atomic E-state index is 12.5. The van der Waals surface area contributed by atoms with Crippen molar-refractivity contribution in [2.24, 2.45) is 0 Å². The quantitative estimate of drug-likeness (QED) is 0.847. The van der Waals surface area contributed by atoms with Gasteiger partial charge in [0.05, 0.1) is 12.3 Å². The summed E-state index contributed by atoms with van der Waals surface area (Å²) in [5.41, 5.74) is 1.17. The fourth-order valence-corrected chi connectivity index (χ4v) is 4.38. The Bertz CT molecular complexity index is 611. The number of piperazine rings is 1. The number of nitrogens with one attached hydrogen (secondary N) is 1. The lowest BCUT2D eigenvalue weighted by molar-refractivity contribution is -0.139. The van der Waals surface area contributed by atoms with Crippen molar-refractivity contribution in [3.8, 4) is 0 Å². The highest BCUT2D eigenvalue weighted by Crippen LogP contribution is 2.20. The van der Waals surface area contributed by atoms with Crippen molar-refractivity contribution in [3.05, 3.63) is 34.9 Å². The number of hydrogen-bond donors (Lipinski definition) is 1. The predicted octanol–water partition coefficient (Wildman–Crippen LogP) is 2.00. The molecule has 0 spiro atoms. The van der Waals surface area contributed by atoms with E-state index in [1.54, 1.807) is 11.8 Å². The fourth-order valence-electron chi connectivity index (χ4n) is 3.37. The molecule has 2 saturated heterocycles. The van der Waals surface area contributed by atoms with Crippen LogP contribution in [0.2, 0.25) is 5.02 Å². The van der Waals surface area contributed by atoms with Gasteiger partial charge in [0.25, 0.3) is 0 Å². The Morgan fingerprint density at radius 2 is 2.08 bits per heavy atom. The third-order valence-electron chi connectivity index (χ3n) is 4.72. The molecule has 5 nitrogen and oxygen atoms in total. The molecule has 2 aliphatic rings. The minimum atomic E-state index is 0.155. The number of rotatable bonds is 5. The molecule has 0 bridgehead atoms. The van der Waals surface area contributed by atoms with Gasteiger partial charge in [-0.15, -0.1) is 11.8 Å². The van der Waals surface area contributed by atoms with Gasteiger partial charge < -0.3 is 15.1 Å². The highest BCUT2D eigenvalue weighted by molar-refractivity contribution is 7.99. The van der Waals surface area contributed by atoms with Crippen molar-refractivity contribution in [2.45, 2.75) is 24.6 Å². The number of nitrogens with zero attached hydrogens (tertiary/aromatic N) is 2. The van der Waals surface area contributed by atoms with Crippen LogP contribution in [0.3, 0.4) is 0 Å². The number of piperidine rings is 1. The summed E-state index contributed by atoms with van der Waals surface area (Å²) < 4.78 is 0. The first kappa shape index (κ1) is 18.5. The van der Waals surface area contributed by atoms with Crippen LogP contribution in [0.1, 0.15) is 18.4 Å². The minimum absolute atomic E-state index is 0.155. The van der Waals surface area contributed by atoms with Gasteiger partial charge in [-0.2, -0.15) is 0 Å². The summed E-state index contributed by atoms with van der Waals surface area (Å²) in [5.74, 6) is 1.61. The van der Waals surface area contributed by atoms with Crippen LogP contribution >= 0.6 is 23.4 Å².